The second kappa shape index (κ2) is 5.84. The van der Waals surface area contributed by atoms with Gasteiger partial charge in [0.2, 0.25) is 0 Å². The van der Waals surface area contributed by atoms with Crippen LogP contribution in [0.5, 0.6) is 0 Å². The number of para-hydroxylation sites is 2. The van der Waals surface area contributed by atoms with Crippen LogP contribution in [0.2, 0.25) is 0 Å². The third-order valence-corrected chi connectivity index (χ3v) is 5.56. The van der Waals surface area contributed by atoms with Gasteiger partial charge in [-0.1, -0.05) is 36.4 Å². The molecule has 1 aliphatic heterocycles. The molecule has 3 aromatic rings. The Morgan fingerprint density at radius 3 is 2.65 bits per heavy atom. The Kier molecular flexibility index (Phi) is 3.45. The maximum atomic E-state index is 13.5. The molecular weight excluding hydrogens is 322 g/mol. The molecule has 0 N–H and O–H groups in total. The first-order valence-corrected chi connectivity index (χ1v) is 9.31. The quantitative estimate of drug-likeness (QED) is 0.706. The average Bonchev–Trinajstić information content (AvgIpc) is 3.34. The van der Waals surface area contributed by atoms with Gasteiger partial charge < -0.3 is 4.90 Å². The lowest BCUT2D eigenvalue weighted by atomic mass is 10.1. The highest BCUT2D eigenvalue weighted by Crippen LogP contribution is 2.35. The van der Waals surface area contributed by atoms with Gasteiger partial charge in [-0.25, -0.2) is 4.68 Å². The highest BCUT2D eigenvalue weighted by molar-refractivity contribution is 6.07. The van der Waals surface area contributed by atoms with Crippen LogP contribution in [0, 0.1) is 0 Å². The van der Waals surface area contributed by atoms with Crippen molar-refractivity contribution in [2.75, 3.05) is 4.90 Å². The van der Waals surface area contributed by atoms with Crippen molar-refractivity contribution in [3.63, 3.8) is 0 Å². The summed E-state index contributed by atoms with van der Waals surface area (Å²) < 4.78 is 1.97. The van der Waals surface area contributed by atoms with Gasteiger partial charge in [-0.05, 0) is 56.4 Å². The van der Waals surface area contributed by atoms with E-state index in [2.05, 4.69) is 13.0 Å². The van der Waals surface area contributed by atoms with Crippen LogP contribution in [-0.4, -0.2) is 21.7 Å². The third-order valence-electron chi connectivity index (χ3n) is 5.56. The summed E-state index contributed by atoms with van der Waals surface area (Å²) in [6.07, 6.45) is 3.92. The topological polar surface area (TPSA) is 38.1 Å². The monoisotopic (exact) mass is 343 g/mol. The maximum absolute atomic E-state index is 13.5. The molecule has 26 heavy (non-hydrogen) atoms. The predicted octanol–water partition coefficient (Wildman–Crippen LogP) is 3.95. The highest BCUT2D eigenvalue weighted by Gasteiger charge is 2.35. The van der Waals surface area contributed by atoms with E-state index in [0.29, 0.717) is 5.69 Å². The Labute approximate surface area is 153 Å². The average molecular weight is 343 g/mol. The Balaban J connectivity index is 1.60. The maximum Gasteiger partial charge on any atom is 0.279 e. The van der Waals surface area contributed by atoms with Gasteiger partial charge in [-0.15, -0.1) is 0 Å². The molecule has 1 aliphatic carbocycles. The Hall–Kier alpha value is -2.88. The summed E-state index contributed by atoms with van der Waals surface area (Å²) in [5.74, 6) is 0.0373. The fourth-order valence-electron chi connectivity index (χ4n) is 4.38. The van der Waals surface area contributed by atoms with Gasteiger partial charge in [0.15, 0.2) is 5.69 Å². The van der Waals surface area contributed by atoms with Crippen LogP contribution in [0.3, 0.4) is 0 Å². The van der Waals surface area contributed by atoms with Crippen LogP contribution < -0.4 is 4.90 Å². The van der Waals surface area contributed by atoms with Gasteiger partial charge in [0.1, 0.15) is 0 Å². The predicted molar refractivity (Wildman–Crippen MR) is 102 cm³/mol. The smallest absolute Gasteiger partial charge is 0.279 e. The minimum absolute atomic E-state index is 0.0373. The summed E-state index contributed by atoms with van der Waals surface area (Å²) in [7, 11) is 0. The van der Waals surface area contributed by atoms with E-state index < -0.39 is 0 Å². The number of carbonyl (C=O) groups excluding carboxylic acids is 1. The fourth-order valence-corrected chi connectivity index (χ4v) is 4.38. The number of fused-ring (bicyclic) bond motifs is 2. The number of aromatic nitrogens is 2. The molecule has 0 radical (unpaired) electrons. The molecule has 4 heteroatoms. The zero-order chi connectivity index (χ0) is 17.7. The number of nitrogens with zero attached hydrogens (tertiary/aromatic N) is 3. The van der Waals surface area contributed by atoms with Crippen molar-refractivity contribution in [3.05, 3.63) is 77.1 Å². The summed E-state index contributed by atoms with van der Waals surface area (Å²) in [4.78, 5) is 15.4. The largest absolute Gasteiger partial charge is 0.304 e. The van der Waals surface area contributed by atoms with Crippen LogP contribution in [0.25, 0.3) is 5.69 Å². The molecule has 0 spiro atoms. The summed E-state index contributed by atoms with van der Waals surface area (Å²) in [6.45, 7) is 2.12. The van der Waals surface area contributed by atoms with Crippen LogP contribution >= 0.6 is 0 Å². The fraction of sp³-hybridized carbons (Fsp3) is 0.273. The molecule has 0 fully saturated rings. The van der Waals surface area contributed by atoms with Crippen LogP contribution in [0.15, 0.2) is 54.6 Å². The molecule has 4 nitrogen and oxygen atoms in total. The minimum atomic E-state index is 0.0373. The lowest BCUT2D eigenvalue weighted by Crippen LogP contribution is -2.36. The normalized spacial score (nSPS) is 18.0. The molecular formula is C22H21N3O. The SMILES string of the molecule is CC1Cc2ccccc2N1C(=O)c1nn(-c2ccccc2)c2c1CCC2. The van der Waals surface area contributed by atoms with Crippen LogP contribution in [0.1, 0.15) is 40.7 Å². The standard InChI is InChI=1S/C22H21N3O/c1-15-14-16-8-5-6-12-19(16)24(15)22(26)21-18-11-7-13-20(18)25(23-21)17-9-3-2-4-10-17/h2-6,8-10,12,15H,7,11,13-14H2,1H3. The Morgan fingerprint density at radius 2 is 1.81 bits per heavy atom. The number of hydrogen-bond acceptors (Lipinski definition) is 2. The molecule has 1 amide bonds. The van der Waals surface area contributed by atoms with Crippen molar-refractivity contribution in [1.29, 1.82) is 0 Å². The van der Waals surface area contributed by atoms with Crippen molar-refractivity contribution in [2.24, 2.45) is 0 Å². The molecule has 130 valence electrons. The van der Waals surface area contributed by atoms with Crippen LogP contribution in [0.4, 0.5) is 5.69 Å². The number of amides is 1. The van der Waals surface area contributed by atoms with Gasteiger partial charge in [0.05, 0.1) is 5.69 Å². The van der Waals surface area contributed by atoms with Gasteiger partial charge in [0, 0.05) is 23.0 Å². The van der Waals surface area contributed by atoms with Gasteiger partial charge >= 0.3 is 0 Å². The summed E-state index contributed by atoms with van der Waals surface area (Å²) >= 11 is 0. The van der Waals surface area contributed by atoms with E-state index in [0.717, 1.165) is 42.6 Å². The lowest BCUT2D eigenvalue weighted by Gasteiger charge is -2.22. The van der Waals surface area contributed by atoms with Crippen molar-refractivity contribution >= 4 is 11.6 Å². The second-order valence-electron chi connectivity index (χ2n) is 7.23. The lowest BCUT2D eigenvalue weighted by molar-refractivity contribution is 0.0975. The van der Waals surface area contributed by atoms with E-state index in [1.165, 1.54) is 11.3 Å². The second-order valence-corrected chi connectivity index (χ2v) is 7.23. The van der Waals surface area contributed by atoms with Gasteiger partial charge in [0.25, 0.3) is 5.91 Å². The number of hydrogen-bond donors (Lipinski definition) is 0. The van der Waals surface area contributed by atoms with Gasteiger partial charge in [-0.3, -0.25) is 4.79 Å². The number of rotatable bonds is 2. The molecule has 1 unspecified atom stereocenters. The summed E-state index contributed by atoms with van der Waals surface area (Å²) in [5.41, 5.74) is 6.26. The first-order chi connectivity index (χ1) is 12.7. The van der Waals surface area contributed by atoms with Crippen LogP contribution in [-0.2, 0) is 19.3 Å². The van der Waals surface area contributed by atoms with Crippen molar-refractivity contribution in [3.8, 4) is 5.69 Å². The van der Waals surface area contributed by atoms with E-state index in [-0.39, 0.29) is 11.9 Å². The third kappa shape index (κ3) is 2.22. The molecule has 0 bridgehead atoms. The number of carbonyl (C=O) groups is 1. The first-order valence-electron chi connectivity index (χ1n) is 9.31. The summed E-state index contributed by atoms with van der Waals surface area (Å²) in [5, 5.41) is 4.78. The highest BCUT2D eigenvalue weighted by atomic mass is 16.2. The first kappa shape index (κ1) is 15.4. The van der Waals surface area contributed by atoms with Crippen molar-refractivity contribution in [1.82, 2.24) is 9.78 Å². The van der Waals surface area contributed by atoms with E-state index in [1.54, 1.807) is 0 Å². The summed E-state index contributed by atoms with van der Waals surface area (Å²) in [6, 6.07) is 18.5. The van der Waals surface area contributed by atoms with E-state index in [4.69, 9.17) is 5.10 Å². The zero-order valence-corrected chi connectivity index (χ0v) is 14.9. The molecule has 0 saturated carbocycles. The van der Waals surface area contributed by atoms with Gasteiger partial charge in [-0.2, -0.15) is 5.10 Å². The molecule has 2 aromatic carbocycles. The molecule has 0 saturated heterocycles. The zero-order valence-electron chi connectivity index (χ0n) is 14.9. The number of benzene rings is 2. The van der Waals surface area contributed by atoms with E-state index in [9.17, 15) is 4.79 Å². The Bertz CT molecular complexity index is 990. The molecule has 2 heterocycles. The van der Waals surface area contributed by atoms with Crippen molar-refractivity contribution < 1.29 is 4.79 Å². The molecule has 2 aliphatic rings. The number of anilines is 1. The van der Waals surface area contributed by atoms with E-state index >= 15 is 0 Å². The minimum Gasteiger partial charge on any atom is -0.304 e. The molecule has 1 atom stereocenters. The van der Waals surface area contributed by atoms with E-state index in [1.807, 2.05) is 58.1 Å². The molecule has 5 rings (SSSR count). The Morgan fingerprint density at radius 1 is 1.04 bits per heavy atom. The van der Waals surface area contributed by atoms with Crippen molar-refractivity contribution in [2.45, 2.75) is 38.6 Å². The molecule has 1 aromatic heterocycles.